The number of carbonyl (C=O) groups excluding carboxylic acids is 2. The van der Waals surface area contributed by atoms with Gasteiger partial charge in [0, 0.05) is 13.1 Å². The third-order valence-electron chi connectivity index (χ3n) is 2.82. The number of nitrogens with zero attached hydrogens (tertiary/aromatic N) is 1. The Bertz CT molecular complexity index is 347. The number of amides is 3. The van der Waals surface area contributed by atoms with E-state index in [2.05, 4.69) is 5.32 Å². The molecule has 8 heteroatoms. The van der Waals surface area contributed by atoms with Crippen molar-refractivity contribution in [1.82, 2.24) is 10.2 Å². The normalized spacial score (nSPS) is 18.9. The maximum Gasteiger partial charge on any atom is 0.326 e. The summed E-state index contributed by atoms with van der Waals surface area (Å²) in [5.41, 5.74) is 4.88. The molecule has 1 rings (SSSR count). The Morgan fingerprint density at radius 2 is 2.11 bits per heavy atom. The highest BCUT2D eigenvalue weighted by molar-refractivity contribution is 5.82. The maximum atomic E-state index is 11.8. The van der Waals surface area contributed by atoms with Gasteiger partial charge in [0.2, 0.25) is 5.91 Å². The monoisotopic (exact) mass is 273 g/mol. The summed E-state index contributed by atoms with van der Waals surface area (Å²) >= 11 is 0. The van der Waals surface area contributed by atoms with Crippen LogP contribution in [0.4, 0.5) is 4.79 Å². The van der Waals surface area contributed by atoms with Gasteiger partial charge < -0.3 is 25.8 Å². The lowest BCUT2D eigenvalue weighted by Crippen LogP contribution is -2.52. The smallest absolute Gasteiger partial charge is 0.326 e. The molecule has 0 saturated carbocycles. The van der Waals surface area contributed by atoms with E-state index in [0.29, 0.717) is 13.0 Å². The molecular formula is C11H19N3O5. The summed E-state index contributed by atoms with van der Waals surface area (Å²) in [7, 11) is 0. The lowest BCUT2D eigenvalue weighted by atomic mass is 10.0. The number of carboxylic acids is 1. The molecule has 4 N–H and O–H groups in total. The average Bonchev–Trinajstić information content (AvgIpc) is 2.37. The summed E-state index contributed by atoms with van der Waals surface area (Å²) in [6.45, 7) is 0.595. The summed E-state index contributed by atoms with van der Waals surface area (Å²) < 4.78 is 4.88. The summed E-state index contributed by atoms with van der Waals surface area (Å²) in [5.74, 6) is -1.56. The van der Waals surface area contributed by atoms with Crippen LogP contribution in [0, 0.1) is 0 Å². The number of rotatable bonds is 6. The van der Waals surface area contributed by atoms with Crippen molar-refractivity contribution in [1.29, 1.82) is 0 Å². The van der Waals surface area contributed by atoms with E-state index in [0.717, 1.165) is 12.8 Å². The second kappa shape index (κ2) is 7.57. The Hall–Kier alpha value is -1.83. The van der Waals surface area contributed by atoms with Crippen LogP contribution >= 0.6 is 0 Å². The molecule has 1 aliphatic rings. The van der Waals surface area contributed by atoms with Crippen LogP contribution in [-0.2, 0) is 14.3 Å². The van der Waals surface area contributed by atoms with Crippen LogP contribution in [0.25, 0.3) is 0 Å². The van der Waals surface area contributed by atoms with Crippen molar-refractivity contribution in [3.63, 3.8) is 0 Å². The SMILES string of the molecule is NC(=O)COCCNC(=O)N1CCCCC1C(=O)O. The molecule has 1 saturated heterocycles. The van der Waals surface area contributed by atoms with Gasteiger partial charge in [0.15, 0.2) is 0 Å². The highest BCUT2D eigenvalue weighted by Gasteiger charge is 2.31. The van der Waals surface area contributed by atoms with Gasteiger partial charge in [0.05, 0.1) is 6.61 Å². The van der Waals surface area contributed by atoms with Crippen molar-refractivity contribution < 1.29 is 24.2 Å². The fourth-order valence-corrected chi connectivity index (χ4v) is 1.94. The fourth-order valence-electron chi connectivity index (χ4n) is 1.94. The minimum absolute atomic E-state index is 0.153. The van der Waals surface area contributed by atoms with Gasteiger partial charge in [-0.3, -0.25) is 4.79 Å². The molecule has 3 amide bonds. The second-order valence-corrected chi connectivity index (χ2v) is 4.29. The maximum absolute atomic E-state index is 11.8. The number of urea groups is 1. The van der Waals surface area contributed by atoms with Crippen molar-refractivity contribution in [3.8, 4) is 0 Å². The standard InChI is InChI=1S/C11H19N3O5/c12-9(15)7-19-6-4-13-11(18)14-5-2-1-3-8(14)10(16)17/h8H,1-7H2,(H2,12,15)(H,13,18)(H,16,17). The Balaban J connectivity index is 2.30. The molecule has 108 valence electrons. The summed E-state index contributed by atoms with van der Waals surface area (Å²) in [5, 5.41) is 11.6. The molecule has 1 atom stereocenters. The molecule has 0 aromatic carbocycles. The minimum Gasteiger partial charge on any atom is -0.480 e. The van der Waals surface area contributed by atoms with Crippen LogP contribution in [-0.4, -0.2) is 60.3 Å². The Morgan fingerprint density at radius 1 is 1.37 bits per heavy atom. The molecule has 0 spiro atoms. The average molecular weight is 273 g/mol. The first-order valence-electron chi connectivity index (χ1n) is 6.15. The number of likely N-dealkylation sites (tertiary alicyclic amines) is 1. The van der Waals surface area contributed by atoms with Gasteiger partial charge in [-0.1, -0.05) is 0 Å². The van der Waals surface area contributed by atoms with Crippen molar-refractivity contribution in [2.24, 2.45) is 5.73 Å². The van der Waals surface area contributed by atoms with Gasteiger partial charge in [-0.05, 0) is 19.3 Å². The molecule has 1 aliphatic heterocycles. The number of primary amides is 1. The van der Waals surface area contributed by atoms with E-state index < -0.39 is 23.9 Å². The van der Waals surface area contributed by atoms with E-state index in [4.69, 9.17) is 15.6 Å². The Kier molecular flexibility index (Phi) is 6.07. The third kappa shape index (κ3) is 5.12. The van der Waals surface area contributed by atoms with Gasteiger partial charge in [-0.2, -0.15) is 0 Å². The van der Waals surface area contributed by atoms with E-state index in [1.807, 2.05) is 0 Å². The molecule has 0 aliphatic carbocycles. The zero-order chi connectivity index (χ0) is 14.3. The van der Waals surface area contributed by atoms with Crippen LogP contribution in [0.15, 0.2) is 0 Å². The predicted octanol–water partition coefficient (Wildman–Crippen LogP) is -0.863. The van der Waals surface area contributed by atoms with E-state index in [9.17, 15) is 14.4 Å². The molecular weight excluding hydrogens is 254 g/mol. The Labute approximate surface area is 110 Å². The molecule has 8 nitrogen and oxygen atoms in total. The number of carboxylic acid groups (broad SMARTS) is 1. The first-order chi connectivity index (χ1) is 9.02. The molecule has 0 aromatic rings. The van der Waals surface area contributed by atoms with E-state index in [1.54, 1.807) is 0 Å². The minimum atomic E-state index is -0.986. The largest absolute Gasteiger partial charge is 0.480 e. The third-order valence-corrected chi connectivity index (χ3v) is 2.82. The van der Waals surface area contributed by atoms with Crippen LogP contribution in [0.3, 0.4) is 0 Å². The number of nitrogens with two attached hydrogens (primary N) is 1. The topological polar surface area (TPSA) is 122 Å². The second-order valence-electron chi connectivity index (χ2n) is 4.29. The fraction of sp³-hybridized carbons (Fsp3) is 0.727. The summed E-state index contributed by atoms with van der Waals surface area (Å²) in [6.07, 6.45) is 2.08. The molecule has 1 heterocycles. The molecule has 0 bridgehead atoms. The van der Waals surface area contributed by atoms with Crippen LogP contribution in [0.5, 0.6) is 0 Å². The van der Waals surface area contributed by atoms with Gasteiger partial charge >= 0.3 is 12.0 Å². The van der Waals surface area contributed by atoms with Crippen molar-refractivity contribution in [3.05, 3.63) is 0 Å². The summed E-state index contributed by atoms with van der Waals surface area (Å²) in [4.78, 5) is 34.6. The van der Waals surface area contributed by atoms with Crippen LogP contribution < -0.4 is 11.1 Å². The van der Waals surface area contributed by atoms with Crippen molar-refractivity contribution >= 4 is 17.9 Å². The quantitative estimate of drug-likeness (QED) is 0.543. The van der Waals surface area contributed by atoms with E-state index >= 15 is 0 Å². The zero-order valence-corrected chi connectivity index (χ0v) is 10.6. The lowest BCUT2D eigenvalue weighted by molar-refractivity contribution is -0.143. The number of hydrogen-bond acceptors (Lipinski definition) is 4. The summed E-state index contributed by atoms with van der Waals surface area (Å²) in [6, 6.07) is -1.19. The van der Waals surface area contributed by atoms with Gasteiger partial charge in [0.1, 0.15) is 12.6 Å². The molecule has 19 heavy (non-hydrogen) atoms. The number of carbonyl (C=O) groups is 3. The molecule has 1 fully saturated rings. The lowest BCUT2D eigenvalue weighted by Gasteiger charge is -2.32. The predicted molar refractivity (Wildman–Crippen MR) is 65.4 cm³/mol. The van der Waals surface area contributed by atoms with Gasteiger partial charge in [-0.15, -0.1) is 0 Å². The van der Waals surface area contributed by atoms with Crippen LogP contribution in [0.2, 0.25) is 0 Å². The number of hydrogen-bond donors (Lipinski definition) is 3. The highest BCUT2D eigenvalue weighted by Crippen LogP contribution is 2.16. The number of aliphatic carboxylic acids is 1. The molecule has 0 aromatic heterocycles. The molecule has 0 radical (unpaired) electrons. The number of ether oxygens (including phenoxy) is 1. The molecule has 1 unspecified atom stereocenters. The highest BCUT2D eigenvalue weighted by atomic mass is 16.5. The number of piperidine rings is 1. The van der Waals surface area contributed by atoms with Crippen molar-refractivity contribution in [2.45, 2.75) is 25.3 Å². The zero-order valence-electron chi connectivity index (χ0n) is 10.6. The van der Waals surface area contributed by atoms with Gasteiger partial charge in [-0.25, -0.2) is 9.59 Å². The van der Waals surface area contributed by atoms with Crippen molar-refractivity contribution in [2.75, 3.05) is 26.3 Å². The van der Waals surface area contributed by atoms with Crippen LogP contribution in [0.1, 0.15) is 19.3 Å². The first-order valence-corrected chi connectivity index (χ1v) is 6.15. The Morgan fingerprint density at radius 3 is 2.74 bits per heavy atom. The first kappa shape index (κ1) is 15.2. The number of nitrogens with one attached hydrogen (secondary N) is 1. The van der Waals surface area contributed by atoms with E-state index in [1.165, 1.54) is 4.90 Å². The van der Waals surface area contributed by atoms with Gasteiger partial charge in [0.25, 0.3) is 0 Å². The van der Waals surface area contributed by atoms with E-state index in [-0.39, 0.29) is 19.8 Å².